The zero-order valence-corrected chi connectivity index (χ0v) is 15.3. The van der Waals surface area contributed by atoms with Gasteiger partial charge in [-0.15, -0.1) is 0 Å². The van der Waals surface area contributed by atoms with Crippen LogP contribution >= 0.6 is 11.6 Å². The number of hydrogen-bond donors (Lipinski definition) is 1. The first-order chi connectivity index (χ1) is 12.7. The van der Waals surface area contributed by atoms with Crippen LogP contribution in [0.4, 0.5) is 5.82 Å². The van der Waals surface area contributed by atoms with E-state index < -0.39 is 0 Å². The van der Waals surface area contributed by atoms with Crippen LogP contribution in [-0.4, -0.2) is 66.7 Å². The molecule has 1 aromatic carbocycles. The van der Waals surface area contributed by atoms with E-state index in [4.69, 9.17) is 26.3 Å². The Bertz CT molecular complexity index is 810. The summed E-state index contributed by atoms with van der Waals surface area (Å²) in [7, 11) is 0. The third-order valence-corrected chi connectivity index (χ3v) is 5.00. The molecular formula is C18H22ClN5O2. The van der Waals surface area contributed by atoms with Crippen LogP contribution in [-0.2, 0) is 16.1 Å². The molecule has 0 unspecified atom stereocenters. The van der Waals surface area contributed by atoms with Crippen molar-refractivity contribution < 1.29 is 9.53 Å². The number of nitrogens with one attached hydrogen (secondary N) is 1. The van der Waals surface area contributed by atoms with Crippen molar-refractivity contribution >= 4 is 34.2 Å². The number of carbonyl (C=O) groups is 1. The maximum atomic E-state index is 11.5. The highest BCUT2D eigenvalue weighted by Crippen LogP contribution is 2.27. The van der Waals surface area contributed by atoms with Crippen molar-refractivity contribution in [3.63, 3.8) is 0 Å². The molecule has 0 bridgehead atoms. The molecule has 0 radical (unpaired) electrons. The van der Waals surface area contributed by atoms with E-state index in [1.54, 1.807) is 0 Å². The van der Waals surface area contributed by atoms with Gasteiger partial charge in [-0.25, -0.2) is 9.97 Å². The third kappa shape index (κ3) is 3.90. The number of ether oxygens (including phenoxy) is 1. The largest absolute Gasteiger partial charge is 0.378 e. The van der Waals surface area contributed by atoms with Gasteiger partial charge in [-0.2, -0.15) is 0 Å². The molecule has 2 aromatic rings. The Morgan fingerprint density at radius 2 is 2.00 bits per heavy atom. The molecule has 4 rings (SSSR count). The van der Waals surface area contributed by atoms with Gasteiger partial charge in [-0.1, -0.05) is 11.6 Å². The second-order valence-electron chi connectivity index (χ2n) is 6.60. The summed E-state index contributed by atoms with van der Waals surface area (Å²) in [5.74, 6) is 1.80. The third-order valence-electron chi connectivity index (χ3n) is 4.76. The number of amides is 1. The quantitative estimate of drug-likeness (QED) is 0.875. The Kier molecular flexibility index (Phi) is 5.19. The number of nitrogens with zero attached hydrogens (tertiary/aromatic N) is 4. The van der Waals surface area contributed by atoms with E-state index in [-0.39, 0.29) is 5.91 Å². The second-order valence-corrected chi connectivity index (χ2v) is 7.04. The predicted octanol–water partition coefficient (Wildman–Crippen LogP) is 1.44. The molecule has 138 valence electrons. The number of halogens is 1. The minimum Gasteiger partial charge on any atom is -0.378 e. The highest BCUT2D eigenvalue weighted by atomic mass is 35.5. The van der Waals surface area contributed by atoms with Crippen molar-refractivity contribution in [1.29, 1.82) is 0 Å². The molecular weight excluding hydrogens is 354 g/mol. The smallest absolute Gasteiger partial charge is 0.221 e. The van der Waals surface area contributed by atoms with E-state index in [2.05, 4.69) is 15.1 Å². The Balaban J connectivity index is 1.66. The monoisotopic (exact) mass is 375 g/mol. The van der Waals surface area contributed by atoms with Gasteiger partial charge in [0.25, 0.3) is 0 Å². The maximum absolute atomic E-state index is 11.5. The van der Waals surface area contributed by atoms with Gasteiger partial charge in [0.15, 0.2) is 0 Å². The van der Waals surface area contributed by atoms with Crippen LogP contribution in [0, 0.1) is 0 Å². The SMILES string of the molecule is O=C1CCN(Cc2nc(N3CCOCC3)c3cc(Cl)ccc3n2)CCN1. The van der Waals surface area contributed by atoms with Crippen LogP contribution in [0.3, 0.4) is 0 Å². The van der Waals surface area contributed by atoms with Crippen LogP contribution in [0.25, 0.3) is 10.9 Å². The summed E-state index contributed by atoms with van der Waals surface area (Å²) in [6.07, 6.45) is 0.513. The second kappa shape index (κ2) is 7.73. The molecule has 1 amide bonds. The van der Waals surface area contributed by atoms with Crippen LogP contribution in [0.5, 0.6) is 0 Å². The first kappa shape index (κ1) is 17.5. The summed E-state index contributed by atoms with van der Waals surface area (Å²) in [6, 6.07) is 5.73. The molecule has 0 aliphatic carbocycles. The number of anilines is 1. The van der Waals surface area contributed by atoms with Gasteiger partial charge in [0.1, 0.15) is 11.6 Å². The minimum absolute atomic E-state index is 0.107. The molecule has 0 atom stereocenters. The summed E-state index contributed by atoms with van der Waals surface area (Å²) in [4.78, 5) is 25.6. The molecule has 0 spiro atoms. The zero-order chi connectivity index (χ0) is 17.9. The summed E-state index contributed by atoms with van der Waals surface area (Å²) in [6.45, 7) is 5.83. The number of rotatable bonds is 3. The number of morpholine rings is 1. The Labute approximate surface area is 157 Å². The summed E-state index contributed by atoms with van der Waals surface area (Å²) in [5, 5.41) is 4.55. The molecule has 3 heterocycles. The molecule has 2 fully saturated rings. The number of carbonyl (C=O) groups excluding carboxylic acids is 1. The summed E-state index contributed by atoms with van der Waals surface area (Å²) >= 11 is 6.21. The lowest BCUT2D eigenvalue weighted by molar-refractivity contribution is -0.120. The van der Waals surface area contributed by atoms with E-state index in [0.717, 1.165) is 48.7 Å². The van der Waals surface area contributed by atoms with Gasteiger partial charge in [-0.05, 0) is 18.2 Å². The molecule has 26 heavy (non-hydrogen) atoms. The average Bonchev–Trinajstić information content (AvgIpc) is 2.86. The van der Waals surface area contributed by atoms with Gasteiger partial charge in [-0.3, -0.25) is 9.69 Å². The van der Waals surface area contributed by atoms with E-state index in [1.807, 2.05) is 18.2 Å². The van der Waals surface area contributed by atoms with Gasteiger partial charge in [0.2, 0.25) is 5.91 Å². The first-order valence-electron chi connectivity index (χ1n) is 8.97. The average molecular weight is 376 g/mol. The molecule has 1 aromatic heterocycles. The van der Waals surface area contributed by atoms with Crippen molar-refractivity contribution in [3.05, 3.63) is 29.0 Å². The first-order valence-corrected chi connectivity index (χ1v) is 9.35. The van der Waals surface area contributed by atoms with E-state index in [1.165, 1.54) is 0 Å². The fourth-order valence-corrected chi connectivity index (χ4v) is 3.56. The van der Waals surface area contributed by atoms with Crippen LogP contribution < -0.4 is 10.2 Å². The molecule has 2 saturated heterocycles. The van der Waals surface area contributed by atoms with Gasteiger partial charge in [0.05, 0.1) is 25.3 Å². The molecule has 8 heteroatoms. The van der Waals surface area contributed by atoms with Gasteiger partial charge < -0.3 is 15.0 Å². The minimum atomic E-state index is 0.107. The lowest BCUT2D eigenvalue weighted by atomic mass is 10.2. The van der Waals surface area contributed by atoms with E-state index in [9.17, 15) is 4.79 Å². The fourth-order valence-electron chi connectivity index (χ4n) is 3.39. The van der Waals surface area contributed by atoms with Gasteiger partial charge in [0, 0.05) is 49.6 Å². The predicted molar refractivity (Wildman–Crippen MR) is 100 cm³/mol. The zero-order valence-electron chi connectivity index (χ0n) is 14.6. The van der Waals surface area contributed by atoms with Crippen LogP contribution in [0.1, 0.15) is 12.2 Å². The highest BCUT2D eigenvalue weighted by Gasteiger charge is 2.20. The Morgan fingerprint density at radius 1 is 1.15 bits per heavy atom. The molecule has 0 saturated carbocycles. The molecule has 1 N–H and O–H groups in total. The van der Waals surface area contributed by atoms with Gasteiger partial charge >= 0.3 is 0 Å². The number of hydrogen-bond acceptors (Lipinski definition) is 6. The molecule has 2 aliphatic heterocycles. The van der Waals surface area contributed by atoms with Crippen molar-refractivity contribution in [2.45, 2.75) is 13.0 Å². The topological polar surface area (TPSA) is 70.6 Å². The fraction of sp³-hybridized carbons (Fsp3) is 0.500. The lowest BCUT2D eigenvalue weighted by Gasteiger charge is -2.29. The van der Waals surface area contributed by atoms with Crippen molar-refractivity contribution in [1.82, 2.24) is 20.2 Å². The Hall–Kier alpha value is -1.96. The lowest BCUT2D eigenvalue weighted by Crippen LogP contribution is -2.37. The molecule has 2 aliphatic rings. The number of aromatic nitrogens is 2. The summed E-state index contributed by atoms with van der Waals surface area (Å²) in [5.41, 5.74) is 0.893. The van der Waals surface area contributed by atoms with Crippen LogP contribution in [0.2, 0.25) is 5.02 Å². The van der Waals surface area contributed by atoms with E-state index in [0.29, 0.717) is 37.7 Å². The highest BCUT2D eigenvalue weighted by molar-refractivity contribution is 6.31. The maximum Gasteiger partial charge on any atom is 0.221 e. The summed E-state index contributed by atoms with van der Waals surface area (Å²) < 4.78 is 5.47. The van der Waals surface area contributed by atoms with Crippen LogP contribution in [0.15, 0.2) is 18.2 Å². The standard InChI is InChI=1S/C18H22ClN5O2/c19-13-1-2-15-14(11-13)18(24-7-9-26-10-8-24)22-16(21-15)12-23-5-3-17(25)20-4-6-23/h1-2,11H,3-10,12H2,(H,20,25). The Morgan fingerprint density at radius 3 is 2.85 bits per heavy atom. The van der Waals surface area contributed by atoms with E-state index >= 15 is 0 Å². The van der Waals surface area contributed by atoms with Crippen molar-refractivity contribution in [2.75, 3.05) is 50.8 Å². The number of fused-ring (bicyclic) bond motifs is 1. The molecule has 7 nitrogen and oxygen atoms in total. The normalized spacial score (nSPS) is 19.4. The van der Waals surface area contributed by atoms with Crippen molar-refractivity contribution in [3.8, 4) is 0 Å². The number of benzene rings is 1. The van der Waals surface area contributed by atoms with Crippen molar-refractivity contribution in [2.24, 2.45) is 0 Å².